The van der Waals surface area contributed by atoms with Gasteiger partial charge >= 0.3 is 5.97 Å². The molecule has 0 spiro atoms. The summed E-state index contributed by atoms with van der Waals surface area (Å²) >= 11 is 0. The summed E-state index contributed by atoms with van der Waals surface area (Å²) < 4.78 is 19.0. The zero-order valence-electron chi connectivity index (χ0n) is 9.88. The summed E-state index contributed by atoms with van der Waals surface area (Å²) in [6.07, 6.45) is 2.40. The first kappa shape index (κ1) is 12.1. The molecular formula is C13H7FN2O4. The molecule has 100 valence electrons. The fourth-order valence-electron chi connectivity index (χ4n) is 1.87. The third kappa shape index (κ3) is 1.76. The van der Waals surface area contributed by atoms with Crippen LogP contribution >= 0.6 is 0 Å². The van der Waals surface area contributed by atoms with Crippen LogP contribution in [-0.2, 0) is 0 Å². The second-order valence-electron chi connectivity index (χ2n) is 4.03. The van der Waals surface area contributed by atoms with Gasteiger partial charge in [-0.05, 0) is 18.2 Å². The van der Waals surface area contributed by atoms with Crippen LogP contribution in [0.4, 0.5) is 4.39 Å². The number of aromatic nitrogens is 2. The largest absolute Gasteiger partial charge is 0.477 e. The maximum atomic E-state index is 14.0. The number of nitrogens with one attached hydrogen (secondary N) is 1. The summed E-state index contributed by atoms with van der Waals surface area (Å²) in [5, 5.41) is 8.72. The lowest BCUT2D eigenvalue weighted by Crippen LogP contribution is -2.16. The highest BCUT2D eigenvalue weighted by molar-refractivity contribution is 5.91. The van der Waals surface area contributed by atoms with Gasteiger partial charge in [-0.15, -0.1) is 0 Å². The quantitative estimate of drug-likeness (QED) is 0.745. The Kier molecular flexibility index (Phi) is 2.60. The molecule has 0 unspecified atom stereocenters. The van der Waals surface area contributed by atoms with Crippen LogP contribution in [-0.4, -0.2) is 21.0 Å². The van der Waals surface area contributed by atoms with Gasteiger partial charge in [-0.3, -0.25) is 4.79 Å². The van der Waals surface area contributed by atoms with Crippen molar-refractivity contribution in [2.75, 3.05) is 0 Å². The van der Waals surface area contributed by atoms with E-state index in [1.54, 1.807) is 6.07 Å². The van der Waals surface area contributed by atoms with Crippen molar-refractivity contribution >= 4 is 17.0 Å². The predicted molar refractivity (Wildman–Crippen MR) is 67.0 cm³/mol. The number of halogens is 1. The van der Waals surface area contributed by atoms with Crippen molar-refractivity contribution in [3.63, 3.8) is 0 Å². The predicted octanol–water partition coefficient (Wildman–Crippen LogP) is 2.02. The normalized spacial score (nSPS) is 10.8. The summed E-state index contributed by atoms with van der Waals surface area (Å²) in [6.45, 7) is 0. The molecule has 0 saturated carbocycles. The van der Waals surface area contributed by atoms with Crippen molar-refractivity contribution in [3.05, 3.63) is 52.3 Å². The van der Waals surface area contributed by atoms with Gasteiger partial charge in [0.25, 0.3) is 0 Å². The van der Waals surface area contributed by atoms with Crippen LogP contribution in [0.25, 0.3) is 22.5 Å². The zero-order chi connectivity index (χ0) is 14.3. The highest BCUT2D eigenvalue weighted by Crippen LogP contribution is 2.23. The molecule has 0 atom stereocenters. The minimum atomic E-state index is -1.39. The molecule has 2 N–H and O–H groups in total. The second-order valence-corrected chi connectivity index (χ2v) is 4.03. The van der Waals surface area contributed by atoms with Gasteiger partial charge in [-0.1, -0.05) is 0 Å². The first-order chi connectivity index (χ1) is 9.58. The average Bonchev–Trinajstić information content (AvgIpc) is 2.92. The van der Waals surface area contributed by atoms with E-state index in [0.717, 1.165) is 12.3 Å². The molecule has 0 aromatic carbocycles. The van der Waals surface area contributed by atoms with E-state index in [9.17, 15) is 14.0 Å². The monoisotopic (exact) mass is 274 g/mol. The Morgan fingerprint density at radius 3 is 2.90 bits per heavy atom. The number of fused-ring (bicyclic) bond motifs is 1. The Labute approximate surface area is 110 Å². The smallest absolute Gasteiger partial charge is 0.341 e. The number of carbonyl (C=O) groups is 1. The van der Waals surface area contributed by atoms with Gasteiger partial charge in [0.1, 0.15) is 16.9 Å². The van der Waals surface area contributed by atoms with Gasteiger partial charge < -0.3 is 14.5 Å². The highest BCUT2D eigenvalue weighted by atomic mass is 19.1. The minimum Gasteiger partial charge on any atom is -0.477 e. The number of hydrogen-bond donors (Lipinski definition) is 2. The van der Waals surface area contributed by atoms with Crippen molar-refractivity contribution in [1.82, 2.24) is 9.97 Å². The van der Waals surface area contributed by atoms with E-state index in [4.69, 9.17) is 9.52 Å². The number of aromatic carboxylic acids is 1. The summed E-state index contributed by atoms with van der Waals surface area (Å²) in [5.74, 6) is -1.93. The van der Waals surface area contributed by atoms with Crippen LogP contribution in [0.5, 0.6) is 0 Å². The second kappa shape index (κ2) is 4.30. The van der Waals surface area contributed by atoms with Gasteiger partial charge in [-0.2, -0.15) is 0 Å². The molecule has 20 heavy (non-hydrogen) atoms. The number of H-pyrrole nitrogens is 1. The summed E-state index contributed by atoms with van der Waals surface area (Å²) in [6, 6.07) is 4.06. The molecule has 6 nitrogen and oxygen atoms in total. The van der Waals surface area contributed by atoms with Crippen LogP contribution in [0.15, 0.2) is 39.9 Å². The molecule has 0 aliphatic heterocycles. The highest BCUT2D eigenvalue weighted by Gasteiger charge is 2.16. The van der Waals surface area contributed by atoms with Crippen LogP contribution in [0, 0.1) is 5.82 Å². The number of carboxylic acid groups (broad SMARTS) is 1. The first-order valence-corrected chi connectivity index (χ1v) is 5.57. The van der Waals surface area contributed by atoms with Crippen molar-refractivity contribution < 1.29 is 18.7 Å². The number of aromatic amines is 1. The Bertz CT molecular complexity index is 868. The maximum absolute atomic E-state index is 14.0. The van der Waals surface area contributed by atoms with Crippen molar-refractivity contribution in [1.29, 1.82) is 0 Å². The number of hydrogen-bond acceptors (Lipinski definition) is 4. The SMILES string of the molecule is O=C(O)c1c[nH]c2nc(-c3ccco3)c(F)cc2c1=O. The number of furan rings is 1. The van der Waals surface area contributed by atoms with E-state index < -0.39 is 22.8 Å². The van der Waals surface area contributed by atoms with Gasteiger partial charge in [0.15, 0.2) is 11.6 Å². The van der Waals surface area contributed by atoms with E-state index in [-0.39, 0.29) is 22.5 Å². The molecule has 7 heteroatoms. The molecular weight excluding hydrogens is 267 g/mol. The standard InChI is InChI=1S/C13H7FN2O4/c14-8-4-6-11(17)7(13(18)19)5-15-12(6)16-10(8)9-2-1-3-20-9/h1-5H,(H,18,19)(H,15,16,17). The first-order valence-electron chi connectivity index (χ1n) is 5.57. The molecule has 0 saturated heterocycles. The van der Waals surface area contributed by atoms with Crippen molar-refractivity contribution in [3.8, 4) is 11.5 Å². The summed E-state index contributed by atoms with van der Waals surface area (Å²) in [4.78, 5) is 29.3. The lowest BCUT2D eigenvalue weighted by molar-refractivity contribution is 0.0695. The molecule has 0 bridgehead atoms. The maximum Gasteiger partial charge on any atom is 0.341 e. The average molecular weight is 274 g/mol. The molecule has 0 aliphatic carbocycles. The van der Waals surface area contributed by atoms with Crippen LogP contribution in [0.1, 0.15) is 10.4 Å². The van der Waals surface area contributed by atoms with E-state index in [1.165, 1.54) is 12.3 Å². The van der Waals surface area contributed by atoms with Crippen molar-refractivity contribution in [2.24, 2.45) is 0 Å². The van der Waals surface area contributed by atoms with Gasteiger partial charge in [0, 0.05) is 6.20 Å². The lowest BCUT2D eigenvalue weighted by Gasteiger charge is -2.03. The molecule has 3 heterocycles. The third-order valence-electron chi connectivity index (χ3n) is 2.80. The zero-order valence-corrected chi connectivity index (χ0v) is 9.88. The van der Waals surface area contributed by atoms with Crippen molar-refractivity contribution in [2.45, 2.75) is 0 Å². The van der Waals surface area contributed by atoms with E-state index in [2.05, 4.69) is 9.97 Å². The molecule has 0 amide bonds. The molecule has 3 aromatic rings. The number of rotatable bonds is 2. The molecule has 0 aliphatic rings. The fraction of sp³-hybridized carbons (Fsp3) is 0. The Morgan fingerprint density at radius 1 is 1.45 bits per heavy atom. The Hall–Kier alpha value is -2.96. The van der Waals surface area contributed by atoms with Crippen LogP contribution in [0.3, 0.4) is 0 Å². The summed E-state index contributed by atoms with van der Waals surface area (Å²) in [5.41, 5.74) is -1.22. The molecule has 0 fully saturated rings. The molecule has 3 aromatic heterocycles. The molecule has 0 radical (unpaired) electrons. The van der Waals surface area contributed by atoms with E-state index >= 15 is 0 Å². The Morgan fingerprint density at radius 2 is 2.25 bits per heavy atom. The van der Waals surface area contributed by atoms with Gasteiger partial charge in [0.2, 0.25) is 5.43 Å². The van der Waals surface area contributed by atoms with Gasteiger partial charge in [-0.25, -0.2) is 14.2 Å². The van der Waals surface area contributed by atoms with Crippen LogP contribution < -0.4 is 5.43 Å². The number of pyridine rings is 2. The number of carboxylic acids is 1. The lowest BCUT2D eigenvalue weighted by atomic mass is 10.1. The van der Waals surface area contributed by atoms with Crippen LogP contribution in [0.2, 0.25) is 0 Å². The van der Waals surface area contributed by atoms with E-state index in [0.29, 0.717) is 0 Å². The fourth-order valence-corrected chi connectivity index (χ4v) is 1.87. The van der Waals surface area contributed by atoms with Gasteiger partial charge in [0.05, 0.1) is 11.6 Å². The summed E-state index contributed by atoms with van der Waals surface area (Å²) in [7, 11) is 0. The topological polar surface area (TPSA) is 96.2 Å². The Balaban J connectivity index is 2.32. The van der Waals surface area contributed by atoms with E-state index in [1.807, 2.05) is 0 Å². The third-order valence-corrected chi connectivity index (χ3v) is 2.80. The molecule has 3 rings (SSSR count). The number of nitrogens with zero attached hydrogens (tertiary/aromatic N) is 1. The minimum absolute atomic E-state index is 0.0544.